The first-order chi connectivity index (χ1) is 6.18. The minimum Gasteiger partial charge on any atom is -0.382 e. The molecule has 0 aliphatic heterocycles. The van der Waals surface area contributed by atoms with Crippen molar-refractivity contribution in [2.45, 2.75) is 13.8 Å². The monoisotopic (exact) mass is 177 g/mol. The highest BCUT2D eigenvalue weighted by Crippen LogP contribution is 2.21. The number of nitrogens with two attached hydrogens (primary N) is 1. The van der Waals surface area contributed by atoms with Crippen LogP contribution in [0.1, 0.15) is 11.3 Å². The summed E-state index contributed by atoms with van der Waals surface area (Å²) in [4.78, 5) is 0. The average Bonchev–Trinajstić information content (AvgIpc) is 2.62. The summed E-state index contributed by atoms with van der Waals surface area (Å²) in [6.45, 7) is 3.98. The number of nitrogens with zero attached hydrogens (tertiary/aromatic N) is 2. The summed E-state index contributed by atoms with van der Waals surface area (Å²) in [5.41, 5.74) is 9.39. The molecular weight excluding hydrogens is 166 g/mol. The molecule has 0 spiro atoms. The SMILES string of the molecule is Cc1[nH]nc(-c2cc(N)n[nH]2)c1C. The van der Waals surface area contributed by atoms with E-state index in [1.807, 2.05) is 13.8 Å². The van der Waals surface area contributed by atoms with Crippen LogP contribution >= 0.6 is 0 Å². The molecule has 0 radical (unpaired) electrons. The Kier molecular flexibility index (Phi) is 1.58. The van der Waals surface area contributed by atoms with Gasteiger partial charge in [-0.25, -0.2) is 0 Å². The van der Waals surface area contributed by atoms with Crippen LogP contribution < -0.4 is 5.73 Å². The van der Waals surface area contributed by atoms with Crippen LogP contribution in [0.3, 0.4) is 0 Å². The van der Waals surface area contributed by atoms with Crippen molar-refractivity contribution in [2.75, 3.05) is 5.73 Å². The van der Waals surface area contributed by atoms with Gasteiger partial charge in [0.25, 0.3) is 0 Å². The Hall–Kier alpha value is -1.78. The number of H-pyrrole nitrogens is 2. The average molecular weight is 177 g/mol. The van der Waals surface area contributed by atoms with Gasteiger partial charge in [0, 0.05) is 11.8 Å². The zero-order valence-electron chi connectivity index (χ0n) is 7.55. The lowest BCUT2D eigenvalue weighted by atomic mass is 10.2. The number of aryl methyl sites for hydroxylation is 1. The molecule has 13 heavy (non-hydrogen) atoms. The van der Waals surface area contributed by atoms with E-state index in [2.05, 4.69) is 20.4 Å². The molecular formula is C8H11N5. The molecule has 0 fully saturated rings. The van der Waals surface area contributed by atoms with Crippen molar-refractivity contribution in [2.24, 2.45) is 0 Å². The molecule has 5 heteroatoms. The van der Waals surface area contributed by atoms with Crippen LogP contribution in [-0.2, 0) is 0 Å². The summed E-state index contributed by atoms with van der Waals surface area (Å²) in [5.74, 6) is 0.482. The Balaban J connectivity index is 2.52. The van der Waals surface area contributed by atoms with Gasteiger partial charge in [0.2, 0.25) is 0 Å². The second-order valence-corrected chi connectivity index (χ2v) is 3.03. The van der Waals surface area contributed by atoms with Crippen LogP contribution in [-0.4, -0.2) is 20.4 Å². The second-order valence-electron chi connectivity index (χ2n) is 3.03. The first-order valence-electron chi connectivity index (χ1n) is 4.01. The molecule has 0 saturated heterocycles. The van der Waals surface area contributed by atoms with Crippen molar-refractivity contribution in [1.82, 2.24) is 20.4 Å². The fourth-order valence-corrected chi connectivity index (χ4v) is 1.21. The van der Waals surface area contributed by atoms with Gasteiger partial charge in [0.05, 0.1) is 5.69 Å². The maximum Gasteiger partial charge on any atom is 0.145 e. The molecule has 0 atom stereocenters. The van der Waals surface area contributed by atoms with Gasteiger partial charge in [0.1, 0.15) is 11.5 Å². The molecule has 0 unspecified atom stereocenters. The van der Waals surface area contributed by atoms with Gasteiger partial charge in [-0.05, 0) is 19.4 Å². The number of aromatic amines is 2. The lowest BCUT2D eigenvalue weighted by Crippen LogP contribution is -1.81. The lowest BCUT2D eigenvalue weighted by molar-refractivity contribution is 1.03. The molecule has 2 aromatic heterocycles. The highest BCUT2D eigenvalue weighted by atomic mass is 15.2. The normalized spacial score (nSPS) is 10.6. The summed E-state index contributed by atoms with van der Waals surface area (Å²) in [6, 6.07) is 1.77. The number of nitrogen functional groups attached to an aromatic ring is 1. The molecule has 0 amide bonds. The molecule has 2 heterocycles. The molecule has 0 aromatic carbocycles. The smallest absolute Gasteiger partial charge is 0.145 e. The number of rotatable bonds is 1. The summed E-state index contributed by atoms with van der Waals surface area (Å²) in [5, 5.41) is 13.7. The molecule has 0 aliphatic carbocycles. The molecule has 2 aromatic rings. The van der Waals surface area contributed by atoms with Crippen LogP contribution in [0, 0.1) is 13.8 Å². The third-order valence-electron chi connectivity index (χ3n) is 2.11. The first-order valence-corrected chi connectivity index (χ1v) is 4.01. The molecule has 0 bridgehead atoms. The Morgan fingerprint density at radius 1 is 1.23 bits per heavy atom. The molecule has 5 nitrogen and oxygen atoms in total. The van der Waals surface area contributed by atoms with E-state index in [1.54, 1.807) is 6.07 Å². The number of hydrogen-bond donors (Lipinski definition) is 3. The van der Waals surface area contributed by atoms with E-state index in [0.29, 0.717) is 5.82 Å². The van der Waals surface area contributed by atoms with Crippen LogP contribution in [0.4, 0.5) is 5.82 Å². The Labute approximate surface area is 75.4 Å². The largest absolute Gasteiger partial charge is 0.382 e. The molecule has 0 aliphatic rings. The van der Waals surface area contributed by atoms with Gasteiger partial charge in [-0.15, -0.1) is 0 Å². The molecule has 2 rings (SSSR count). The zero-order chi connectivity index (χ0) is 9.42. The van der Waals surface area contributed by atoms with E-state index >= 15 is 0 Å². The van der Waals surface area contributed by atoms with Crippen molar-refractivity contribution in [3.8, 4) is 11.4 Å². The molecule has 4 N–H and O–H groups in total. The number of aromatic nitrogens is 4. The number of anilines is 1. The van der Waals surface area contributed by atoms with E-state index in [1.165, 1.54) is 0 Å². The fraction of sp³-hybridized carbons (Fsp3) is 0.250. The fourth-order valence-electron chi connectivity index (χ4n) is 1.21. The Bertz CT molecular complexity index is 425. The van der Waals surface area contributed by atoms with Crippen molar-refractivity contribution in [1.29, 1.82) is 0 Å². The zero-order valence-corrected chi connectivity index (χ0v) is 7.55. The van der Waals surface area contributed by atoms with Crippen molar-refractivity contribution in [3.63, 3.8) is 0 Å². The van der Waals surface area contributed by atoms with E-state index in [-0.39, 0.29) is 0 Å². The van der Waals surface area contributed by atoms with Crippen molar-refractivity contribution in [3.05, 3.63) is 17.3 Å². The summed E-state index contributed by atoms with van der Waals surface area (Å²) >= 11 is 0. The standard InChI is InChI=1S/C8H11N5/c1-4-5(2)10-13-8(4)6-3-7(9)12-11-6/h3H,1-2H3,(H,10,13)(H3,9,11,12). The summed E-state index contributed by atoms with van der Waals surface area (Å²) < 4.78 is 0. The van der Waals surface area contributed by atoms with Crippen LogP contribution in [0.2, 0.25) is 0 Å². The molecule has 68 valence electrons. The summed E-state index contributed by atoms with van der Waals surface area (Å²) in [7, 11) is 0. The van der Waals surface area contributed by atoms with Gasteiger partial charge in [-0.3, -0.25) is 10.2 Å². The number of nitrogens with one attached hydrogen (secondary N) is 2. The van der Waals surface area contributed by atoms with E-state index in [0.717, 1.165) is 22.6 Å². The van der Waals surface area contributed by atoms with Crippen LogP contribution in [0.5, 0.6) is 0 Å². The molecule has 0 saturated carbocycles. The maximum atomic E-state index is 5.49. The van der Waals surface area contributed by atoms with Crippen molar-refractivity contribution < 1.29 is 0 Å². The van der Waals surface area contributed by atoms with Crippen LogP contribution in [0.25, 0.3) is 11.4 Å². The van der Waals surface area contributed by atoms with Gasteiger partial charge in [-0.1, -0.05) is 0 Å². The van der Waals surface area contributed by atoms with Crippen molar-refractivity contribution >= 4 is 5.82 Å². The second kappa shape index (κ2) is 2.62. The lowest BCUT2D eigenvalue weighted by Gasteiger charge is -1.91. The van der Waals surface area contributed by atoms with Gasteiger partial charge >= 0.3 is 0 Å². The highest BCUT2D eigenvalue weighted by Gasteiger charge is 2.09. The maximum absolute atomic E-state index is 5.49. The van der Waals surface area contributed by atoms with Gasteiger partial charge in [0.15, 0.2) is 0 Å². The van der Waals surface area contributed by atoms with Gasteiger partial charge < -0.3 is 5.73 Å². The van der Waals surface area contributed by atoms with E-state index in [9.17, 15) is 0 Å². The van der Waals surface area contributed by atoms with Gasteiger partial charge in [-0.2, -0.15) is 10.2 Å². The number of hydrogen-bond acceptors (Lipinski definition) is 3. The Morgan fingerprint density at radius 3 is 2.46 bits per heavy atom. The minimum absolute atomic E-state index is 0.482. The topological polar surface area (TPSA) is 83.4 Å². The van der Waals surface area contributed by atoms with E-state index < -0.39 is 0 Å². The predicted molar refractivity (Wildman–Crippen MR) is 50.1 cm³/mol. The quantitative estimate of drug-likeness (QED) is 0.607. The minimum atomic E-state index is 0.482. The third-order valence-corrected chi connectivity index (χ3v) is 2.11. The third kappa shape index (κ3) is 1.18. The predicted octanol–water partition coefficient (Wildman–Crippen LogP) is 0.999. The van der Waals surface area contributed by atoms with E-state index in [4.69, 9.17) is 5.73 Å². The van der Waals surface area contributed by atoms with Crippen LogP contribution in [0.15, 0.2) is 6.07 Å². The Morgan fingerprint density at radius 2 is 2.00 bits per heavy atom. The first kappa shape index (κ1) is 7.85. The summed E-state index contributed by atoms with van der Waals surface area (Å²) in [6.07, 6.45) is 0. The highest BCUT2D eigenvalue weighted by molar-refractivity contribution is 5.61.